The summed E-state index contributed by atoms with van der Waals surface area (Å²) in [6, 6.07) is 0. The predicted molar refractivity (Wildman–Crippen MR) is 112 cm³/mol. The number of nitrogens with one attached hydrogen (secondary N) is 2. The van der Waals surface area contributed by atoms with Crippen molar-refractivity contribution in [3.63, 3.8) is 0 Å². The first-order valence-corrected chi connectivity index (χ1v) is 10.8. The van der Waals surface area contributed by atoms with Gasteiger partial charge < -0.3 is 25.3 Å². The van der Waals surface area contributed by atoms with Gasteiger partial charge in [-0.05, 0) is 78.3 Å². The summed E-state index contributed by atoms with van der Waals surface area (Å²) in [4.78, 5) is 12.4. The van der Waals surface area contributed by atoms with Crippen molar-refractivity contribution in [1.82, 2.24) is 25.3 Å². The van der Waals surface area contributed by atoms with Gasteiger partial charge in [0.1, 0.15) is 0 Å². The molecule has 0 bridgehead atoms. The number of rotatable bonds is 8. The molecule has 0 radical (unpaired) electrons. The molecule has 0 aromatic rings. The van der Waals surface area contributed by atoms with Crippen LogP contribution in [0.1, 0.15) is 39.5 Å². The minimum atomic E-state index is 0.913. The average Bonchev–Trinajstić information content (AvgIpc) is 2.84. The van der Waals surface area contributed by atoms with Crippen LogP contribution < -0.4 is 10.6 Å². The Morgan fingerprint density at radius 2 is 1.73 bits per heavy atom. The number of likely N-dealkylation sites (tertiary alicyclic amines) is 1. The quantitative estimate of drug-likeness (QED) is 0.385. The van der Waals surface area contributed by atoms with E-state index in [1.54, 1.807) is 0 Å². The monoisotopic (exact) mass is 366 g/mol. The summed E-state index contributed by atoms with van der Waals surface area (Å²) in [5.74, 6) is 1.89. The minimum absolute atomic E-state index is 0.913. The highest BCUT2D eigenvalue weighted by Crippen LogP contribution is 2.15. The Morgan fingerprint density at radius 1 is 0.962 bits per heavy atom. The molecule has 2 saturated heterocycles. The number of piperidine rings is 1. The molecular weight excluding hydrogens is 324 g/mol. The van der Waals surface area contributed by atoms with Gasteiger partial charge in [0.15, 0.2) is 5.96 Å². The van der Waals surface area contributed by atoms with Gasteiger partial charge >= 0.3 is 0 Å². The Kier molecular flexibility index (Phi) is 10.3. The molecule has 0 amide bonds. The molecule has 6 heteroatoms. The fourth-order valence-electron chi connectivity index (χ4n) is 3.77. The highest BCUT2D eigenvalue weighted by Gasteiger charge is 2.15. The second-order valence-electron chi connectivity index (χ2n) is 8.06. The van der Waals surface area contributed by atoms with Crippen molar-refractivity contribution in [3.05, 3.63) is 0 Å². The lowest BCUT2D eigenvalue weighted by atomic mass is 9.99. The van der Waals surface area contributed by atoms with Crippen LogP contribution in [0, 0.1) is 5.92 Å². The molecule has 0 saturated carbocycles. The van der Waals surface area contributed by atoms with Gasteiger partial charge in [-0.2, -0.15) is 0 Å². The van der Waals surface area contributed by atoms with Crippen LogP contribution >= 0.6 is 0 Å². The van der Waals surface area contributed by atoms with Gasteiger partial charge in [-0.15, -0.1) is 0 Å². The molecule has 0 spiro atoms. The van der Waals surface area contributed by atoms with Gasteiger partial charge in [0.05, 0.1) is 0 Å². The van der Waals surface area contributed by atoms with Crippen LogP contribution in [0.5, 0.6) is 0 Å². The van der Waals surface area contributed by atoms with Crippen molar-refractivity contribution in [2.24, 2.45) is 10.9 Å². The third kappa shape index (κ3) is 8.69. The average molecular weight is 367 g/mol. The summed E-state index contributed by atoms with van der Waals surface area (Å²) >= 11 is 0. The van der Waals surface area contributed by atoms with E-state index in [2.05, 4.69) is 46.2 Å². The first-order chi connectivity index (χ1) is 12.7. The fraction of sp³-hybridized carbons (Fsp3) is 0.950. The van der Waals surface area contributed by atoms with Crippen LogP contribution in [0.15, 0.2) is 4.99 Å². The third-order valence-corrected chi connectivity index (χ3v) is 5.66. The van der Waals surface area contributed by atoms with Crippen LogP contribution in [-0.2, 0) is 0 Å². The topological polar surface area (TPSA) is 46.1 Å². The molecule has 2 fully saturated rings. The third-order valence-electron chi connectivity index (χ3n) is 5.66. The maximum Gasteiger partial charge on any atom is 0.191 e. The van der Waals surface area contributed by atoms with Crippen molar-refractivity contribution >= 4 is 5.96 Å². The molecule has 152 valence electrons. The molecule has 26 heavy (non-hydrogen) atoms. The molecule has 2 rings (SSSR count). The lowest BCUT2D eigenvalue weighted by Crippen LogP contribution is -2.42. The highest BCUT2D eigenvalue weighted by atomic mass is 15.2. The second-order valence-corrected chi connectivity index (χ2v) is 8.06. The van der Waals surface area contributed by atoms with E-state index in [4.69, 9.17) is 4.99 Å². The lowest BCUT2D eigenvalue weighted by molar-refractivity contribution is 0.192. The second kappa shape index (κ2) is 12.5. The maximum absolute atomic E-state index is 4.77. The summed E-state index contributed by atoms with van der Waals surface area (Å²) in [7, 11) is 2.22. The summed E-state index contributed by atoms with van der Waals surface area (Å²) in [5.41, 5.74) is 0. The summed E-state index contributed by atoms with van der Waals surface area (Å²) in [6.07, 6.45) is 5.16. The zero-order chi connectivity index (χ0) is 18.6. The first-order valence-electron chi connectivity index (χ1n) is 10.8. The molecule has 0 atom stereocenters. The summed E-state index contributed by atoms with van der Waals surface area (Å²) in [6.45, 7) is 17.0. The van der Waals surface area contributed by atoms with E-state index < -0.39 is 0 Å². The van der Waals surface area contributed by atoms with E-state index in [1.807, 2.05) is 0 Å². The molecule has 2 aliphatic rings. The summed E-state index contributed by atoms with van der Waals surface area (Å²) < 4.78 is 0. The molecule has 2 heterocycles. The maximum atomic E-state index is 4.77. The van der Waals surface area contributed by atoms with Crippen LogP contribution in [-0.4, -0.2) is 99.7 Å². The highest BCUT2D eigenvalue weighted by molar-refractivity contribution is 5.79. The lowest BCUT2D eigenvalue weighted by Gasteiger charge is -2.29. The molecular formula is C20H42N6. The van der Waals surface area contributed by atoms with Crippen molar-refractivity contribution in [2.45, 2.75) is 39.5 Å². The van der Waals surface area contributed by atoms with E-state index >= 15 is 0 Å². The number of hydrogen-bond acceptors (Lipinski definition) is 4. The number of hydrogen-bond donors (Lipinski definition) is 2. The number of likely N-dealkylation sites (N-methyl/N-ethyl adjacent to an activating group) is 1. The number of aliphatic imine (C=N–C) groups is 1. The van der Waals surface area contributed by atoms with E-state index in [0.29, 0.717) is 0 Å². The normalized spacial score (nSPS) is 22.3. The van der Waals surface area contributed by atoms with E-state index in [9.17, 15) is 0 Å². The van der Waals surface area contributed by atoms with E-state index in [0.717, 1.165) is 44.5 Å². The van der Waals surface area contributed by atoms with E-state index in [1.165, 1.54) is 65.1 Å². The molecule has 6 nitrogen and oxygen atoms in total. The zero-order valence-corrected chi connectivity index (χ0v) is 17.5. The summed E-state index contributed by atoms with van der Waals surface area (Å²) in [5, 5.41) is 6.90. The predicted octanol–water partition coefficient (Wildman–Crippen LogP) is 1.30. The van der Waals surface area contributed by atoms with Crippen molar-refractivity contribution < 1.29 is 0 Å². The zero-order valence-electron chi connectivity index (χ0n) is 17.5. The van der Waals surface area contributed by atoms with Gasteiger partial charge in [-0.1, -0.05) is 6.92 Å². The number of guanidine groups is 1. The van der Waals surface area contributed by atoms with Crippen LogP contribution in [0.3, 0.4) is 0 Å². The van der Waals surface area contributed by atoms with Gasteiger partial charge in [0, 0.05) is 39.3 Å². The van der Waals surface area contributed by atoms with Gasteiger partial charge in [0.2, 0.25) is 0 Å². The van der Waals surface area contributed by atoms with Gasteiger partial charge in [0.25, 0.3) is 0 Å². The molecule has 2 N–H and O–H groups in total. The molecule has 0 aliphatic carbocycles. The molecule has 0 unspecified atom stereocenters. The molecule has 0 aromatic carbocycles. The molecule has 0 aromatic heterocycles. The van der Waals surface area contributed by atoms with E-state index in [-0.39, 0.29) is 0 Å². The Hall–Kier alpha value is -0.850. The Labute approximate surface area is 161 Å². The largest absolute Gasteiger partial charge is 0.357 e. The Bertz CT molecular complexity index is 392. The van der Waals surface area contributed by atoms with Gasteiger partial charge in [-0.3, -0.25) is 4.99 Å². The van der Waals surface area contributed by atoms with Crippen molar-refractivity contribution in [3.8, 4) is 0 Å². The first kappa shape index (κ1) is 21.5. The van der Waals surface area contributed by atoms with Crippen LogP contribution in [0.4, 0.5) is 0 Å². The van der Waals surface area contributed by atoms with Crippen LogP contribution in [0.25, 0.3) is 0 Å². The fourth-order valence-corrected chi connectivity index (χ4v) is 3.77. The van der Waals surface area contributed by atoms with Crippen molar-refractivity contribution in [2.75, 3.05) is 79.0 Å². The molecule has 2 aliphatic heterocycles. The Balaban J connectivity index is 1.61. The Morgan fingerprint density at radius 3 is 2.50 bits per heavy atom. The minimum Gasteiger partial charge on any atom is -0.357 e. The number of nitrogens with zero attached hydrogens (tertiary/aromatic N) is 4. The van der Waals surface area contributed by atoms with Crippen LogP contribution in [0.2, 0.25) is 0 Å². The standard InChI is InChI=1S/C20H42N6/c1-4-21-20(22-9-5-12-25-14-7-19(2)8-15-25)23-10-16-26-13-6-11-24(3)17-18-26/h19H,4-18H2,1-3H3,(H2,21,22,23). The SMILES string of the molecule is CCNC(=NCCCN1CCC(C)CC1)NCCN1CCCN(C)CC1. The van der Waals surface area contributed by atoms with Gasteiger partial charge in [-0.25, -0.2) is 0 Å². The van der Waals surface area contributed by atoms with Crippen molar-refractivity contribution in [1.29, 1.82) is 0 Å². The smallest absolute Gasteiger partial charge is 0.191 e.